The first kappa shape index (κ1) is 29.9. The average molecular weight is 640 g/mol. The minimum atomic E-state index is -0.0839. The summed E-state index contributed by atoms with van der Waals surface area (Å²) in [5, 5.41) is 2.53. The van der Waals surface area contributed by atoms with Gasteiger partial charge in [0.25, 0.3) is 0 Å². The van der Waals surface area contributed by atoms with E-state index in [9.17, 15) is 0 Å². The molecule has 0 bridgehead atoms. The second-order valence-electron chi connectivity index (χ2n) is 13.8. The standard InChI is InChI=1S/C49H37N/c1-49(2)45-22-9-8-20-44(45)48-46(49)23-12-24-47(48)50(41-31-27-37(28-32-41)43-21-11-16-36-15-6-7-19-42(36)43)40-29-25-35(26-30-40)39-18-10-17-38(33-39)34-13-4-3-5-14-34/h3-33H,1-2H3. The van der Waals surface area contributed by atoms with E-state index in [1.807, 2.05) is 0 Å². The van der Waals surface area contributed by atoms with Gasteiger partial charge in [-0.3, -0.25) is 0 Å². The summed E-state index contributed by atoms with van der Waals surface area (Å²) < 4.78 is 0. The normalized spacial score (nSPS) is 12.8. The van der Waals surface area contributed by atoms with Crippen LogP contribution in [0.3, 0.4) is 0 Å². The molecule has 8 aromatic carbocycles. The Morgan fingerprint density at radius 2 is 0.900 bits per heavy atom. The van der Waals surface area contributed by atoms with Crippen molar-refractivity contribution in [2.75, 3.05) is 4.90 Å². The van der Waals surface area contributed by atoms with E-state index in [2.05, 4.69) is 207 Å². The van der Waals surface area contributed by atoms with Crippen molar-refractivity contribution >= 4 is 27.8 Å². The minimum absolute atomic E-state index is 0.0839. The molecule has 0 spiro atoms. The Labute approximate surface area is 294 Å². The van der Waals surface area contributed by atoms with E-state index in [1.165, 1.54) is 72.1 Å². The Balaban J connectivity index is 1.17. The highest BCUT2D eigenvalue weighted by Gasteiger charge is 2.37. The minimum Gasteiger partial charge on any atom is -0.310 e. The number of hydrogen-bond acceptors (Lipinski definition) is 1. The molecule has 8 aromatic rings. The predicted molar refractivity (Wildman–Crippen MR) is 213 cm³/mol. The van der Waals surface area contributed by atoms with E-state index in [0.29, 0.717) is 0 Å². The van der Waals surface area contributed by atoms with Crippen molar-refractivity contribution in [1.82, 2.24) is 0 Å². The molecule has 0 aromatic heterocycles. The third-order valence-electron chi connectivity index (χ3n) is 10.5. The molecular weight excluding hydrogens is 603 g/mol. The van der Waals surface area contributed by atoms with Gasteiger partial charge in [-0.2, -0.15) is 0 Å². The first-order valence-corrected chi connectivity index (χ1v) is 17.4. The lowest BCUT2D eigenvalue weighted by molar-refractivity contribution is 0.660. The molecule has 0 N–H and O–H groups in total. The number of benzene rings is 8. The summed E-state index contributed by atoms with van der Waals surface area (Å²) in [6.45, 7) is 4.70. The summed E-state index contributed by atoms with van der Waals surface area (Å²) in [5.74, 6) is 0. The lowest BCUT2D eigenvalue weighted by atomic mass is 9.82. The molecule has 238 valence electrons. The molecule has 0 saturated heterocycles. The zero-order valence-electron chi connectivity index (χ0n) is 28.3. The molecule has 1 nitrogen and oxygen atoms in total. The van der Waals surface area contributed by atoms with Gasteiger partial charge in [0.05, 0.1) is 5.69 Å². The van der Waals surface area contributed by atoms with Crippen molar-refractivity contribution < 1.29 is 0 Å². The fourth-order valence-electron chi connectivity index (χ4n) is 7.93. The first-order chi connectivity index (χ1) is 24.6. The van der Waals surface area contributed by atoms with Crippen LogP contribution in [0.1, 0.15) is 25.0 Å². The maximum Gasteiger partial charge on any atom is 0.0543 e. The van der Waals surface area contributed by atoms with Crippen LogP contribution >= 0.6 is 0 Å². The van der Waals surface area contributed by atoms with Gasteiger partial charge in [0.1, 0.15) is 0 Å². The number of rotatable bonds is 6. The van der Waals surface area contributed by atoms with Crippen LogP contribution in [0.15, 0.2) is 188 Å². The van der Waals surface area contributed by atoms with Crippen molar-refractivity contribution in [3.8, 4) is 44.5 Å². The molecule has 1 aliphatic rings. The summed E-state index contributed by atoms with van der Waals surface area (Å²) in [6, 6.07) is 68.5. The third-order valence-corrected chi connectivity index (χ3v) is 10.5. The van der Waals surface area contributed by atoms with Gasteiger partial charge in [-0.25, -0.2) is 0 Å². The summed E-state index contributed by atoms with van der Waals surface area (Å²) >= 11 is 0. The van der Waals surface area contributed by atoms with E-state index in [-0.39, 0.29) is 5.41 Å². The number of hydrogen-bond donors (Lipinski definition) is 0. The van der Waals surface area contributed by atoms with Crippen molar-refractivity contribution in [1.29, 1.82) is 0 Å². The number of anilines is 3. The predicted octanol–water partition coefficient (Wildman–Crippen LogP) is 13.6. The zero-order chi connectivity index (χ0) is 33.7. The van der Waals surface area contributed by atoms with E-state index in [0.717, 1.165) is 11.4 Å². The van der Waals surface area contributed by atoms with Crippen LogP contribution in [0.4, 0.5) is 17.1 Å². The lowest BCUT2D eigenvalue weighted by Crippen LogP contribution is -2.16. The van der Waals surface area contributed by atoms with Crippen molar-refractivity contribution in [2.24, 2.45) is 0 Å². The Morgan fingerprint density at radius 1 is 0.380 bits per heavy atom. The molecule has 0 heterocycles. The van der Waals surface area contributed by atoms with Gasteiger partial charge in [-0.1, -0.05) is 166 Å². The largest absolute Gasteiger partial charge is 0.310 e. The summed E-state index contributed by atoms with van der Waals surface area (Å²) in [6.07, 6.45) is 0. The van der Waals surface area contributed by atoms with Crippen LogP contribution in [0.2, 0.25) is 0 Å². The van der Waals surface area contributed by atoms with E-state index < -0.39 is 0 Å². The maximum absolute atomic E-state index is 2.44. The van der Waals surface area contributed by atoms with Crippen LogP contribution < -0.4 is 4.90 Å². The number of fused-ring (bicyclic) bond motifs is 4. The number of nitrogens with zero attached hydrogens (tertiary/aromatic N) is 1. The van der Waals surface area contributed by atoms with Crippen LogP contribution in [0.25, 0.3) is 55.3 Å². The lowest BCUT2D eigenvalue weighted by Gasteiger charge is -2.29. The first-order valence-electron chi connectivity index (χ1n) is 17.4. The van der Waals surface area contributed by atoms with Gasteiger partial charge in [-0.15, -0.1) is 0 Å². The SMILES string of the molecule is CC1(C)c2ccccc2-c2c(N(c3ccc(-c4cccc(-c5ccccc5)c4)cc3)c3ccc(-c4cccc5ccccc45)cc3)cccc21. The van der Waals surface area contributed by atoms with E-state index in [1.54, 1.807) is 0 Å². The Morgan fingerprint density at radius 3 is 1.66 bits per heavy atom. The molecule has 0 atom stereocenters. The highest BCUT2D eigenvalue weighted by molar-refractivity contribution is 5.98. The molecule has 50 heavy (non-hydrogen) atoms. The van der Waals surface area contributed by atoms with Gasteiger partial charge in [-0.05, 0) is 97.2 Å². The van der Waals surface area contributed by atoms with Gasteiger partial charge < -0.3 is 4.90 Å². The molecule has 0 saturated carbocycles. The molecule has 9 rings (SSSR count). The fraction of sp³-hybridized carbons (Fsp3) is 0.0612. The van der Waals surface area contributed by atoms with Crippen molar-refractivity contribution in [3.05, 3.63) is 199 Å². The van der Waals surface area contributed by atoms with Crippen LogP contribution in [0, 0.1) is 0 Å². The Hall–Kier alpha value is -6.18. The maximum atomic E-state index is 2.44. The molecular formula is C49H37N. The molecule has 1 heteroatoms. The Kier molecular flexibility index (Phi) is 7.21. The molecule has 0 aliphatic heterocycles. The molecule has 0 fully saturated rings. The Bertz CT molecular complexity index is 2480. The molecule has 0 unspecified atom stereocenters. The topological polar surface area (TPSA) is 3.24 Å². The molecule has 0 radical (unpaired) electrons. The van der Waals surface area contributed by atoms with Gasteiger partial charge in [0, 0.05) is 22.4 Å². The van der Waals surface area contributed by atoms with Gasteiger partial charge in [0.15, 0.2) is 0 Å². The quantitative estimate of drug-likeness (QED) is 0.175. The summed E-state index contributed by atoms with van der Waals surface area (Å²) in [7, 11) is 0. The van der Waals surface area contributed by atoms with Crippen LogP contribution in [-0.4, -0.2) is 0 Å². The second-order valence-corrected chi connectivity index (χ2v) is 13.8. The highest BCUT2D eigenvalue weighted by atomic mass is 15.1. The highest BCUT2D eigenvalue weighted by Crippen LogP contribution is 2.54. The van der Waals surface area contributed by atoms with Crippen LogP contribution in [-0.2, 0) is 5.41 Å². The van der Waals surface area contributed by atoms with Crippen molar-refractivity contribution in [3.63, 3.8) is 0 Å². The zero-order valence-corrected chi connectivity index (χ0v) is 28.3. The average Bonchev–Trinajstić information content (AvgIpc) is 3.42. The smallest absolute Gasteiger partial charge is 0.0543 e. The third kappa shape index (κ3) is 5.02. The van der Waals surface area contributed by atoms with Crippen molar-refractivity contribution in [2.45, 2.75) is 19.3 Å². The summed E-state index contributed by atoms with van der Waals surface area (Å²) in [5.41, 5.74) is 16.0. The van der Waals surface area contributed by atoms with Crippen LogP contribution in [0.5, 0.6) is 0 Å². The second kappa shape index (κ2) is 12.1. The van der Waals surface area contributed by atoms with E-state index >= 15 is 0 Å². The fourth-order valence-corrected chi connectivity index (χ4v) is 7.93. The molecule has 1 aliphatic carbocycles. The van der Waals surface area contributed by atoms with E-state index in [4.69, 9.17) is 0 Å². The summed E-state index contributed by atoms with van der Waals surface area (Å²) in [4.78, 5) is 2.44. The molecule has 0 amide bonds. The van der Waals surface area contributed by atoms with Gasteiger partial charge >= 0.3 is 0 Å². The monoisotopic (exact) mass is 639 g/mol. The van der Waals surface area contributed by atoms with Gasteiger partial charge in [0.2, 0.25) is 0 Å².